The maximum absolute atomic E-state index is 14.1. The van der Waals surface area contributed by atoms with E-state index in [1.807, 2.05) is 38.1 Å². The molecule has 0 aliphatic heterocycles. The van der Waals surface area contributed by atoms with Crippen LogP contribution in [-0.2, 0) is 20.7 Å². The molecule has 1 aliphatic rings. The Labute approximate surface area is 211 Å². The van der Waals surface area contributed by atoms with Crippen LogP contribution in [0.4, 0.5) is 4.79 Å². The number of alkyl carbamates (subject to hydrolysis) is 1. The van der Waals surface area contributed by atoms with Gasteiger partial charge in [-0.15, -0.1) is 0 Å². The van der Waals surface area contributed by atoms with Crippen molar-refractivity contribution in [2.45, 2.75) is 111 Å². The molecule has 35 heavy (non-hydrogen) atoms. The molecule has 2 rings (SSSR count). The molecule has 1 saturated carbocycles. The number of benzene rings is 1. The minimum atomic E-state index is -0.781. The summed E-state index contributed by atoms with van der Waals surface area (Å²) in [7, 11) is 0. The maximum Gasteiger partial charge on any atom is 0.408 e. The van der Waals surface area contributed by atoms with E-state index in [-0.39, 0.29) is 23.8 Å². The normalized spacial score (nSPS) is 16.1. The first kappa shape index (κ1) is 28.7. The second-order valence-corrected chi connectivity index (χ2v) is 10.6. The van der Waals surface area contributed by atoms with Crippen LogP contribution < -0.4 is 10.6 Å². The largest absolute Gasteiger partial charge is 0.444 e. The molecule has 1 fully saturated rings. The first-order valence-corrected chi connectivity index (χ1v) is 13.2. The predicted molar refractivity (Wildman–Crippen MR) is 139 cm³/mol. The molecule has 0 spiro atoms. The fourth-order valence-corrected chi connectivity index (χ4v) is 4.01. The highest BCUT2D eigenvalue weighted by atomic mass is 16.6. The van der Waals surface area contributed by atoms with Crippen molar-refractivity contribution in [3.05, 3.63) is 35.4 Å². The van der Waals surface area contributed by atoms with Crippen LogP contribution in [0.3, 0.4) is 0 Å². The lowest BCUT2D eigenvalue weighted by Crippen LogP contribution is -2.55. The summed E-state index contributed by atoms with van der Waals surface area (Å²) in [5.74, 6) is -0.534. The Morgan fingerprint density at radius 2 is 1.71 bits per heavy atom. The van der Waals surface area contributed by atoms with E-state index in [0.717, 1.165) is 37.7 Å². The van der Waals surface area contributed by atoms with Crippen molar-refractivity contribution in [1.82, 2.24) is 15.5 Å². The van der Waals surface area contributed by atoms with Crippen LogP contribution in [0.2, 0.25) is 0 Å². The Morgan fingerprint density at radius 3 is 2.20 bits per heavy atom. The molecule has 7 heteroatoms. The summed E-state index contributed by atoms with van der Waals surface area (Å²) < 4.78 is 5.45. The molecular weight excluding hydrogens is 442 g/mol. The van der Waals surface area contributed by atoms with Crippen molar-refractivity contribution in [3.8, 4) is 0 Å². The number of nitrogens with zero attached hydrogens (tertiary/aromatic N) is 1. The number of aryl methyl sites for hydroxylation is 1. The molecule has 1 aromatic rings. The number of hydrogen-bond donors (Lipinski definition) is 2. The molecule has 2 N–H and O–H groups in total. The molecule has 0 bridgehead atoms. The zero-order chi connectivity index (χ0) is 26.2. The average molecular weight is 488 g/mol. The zero-order valence-electron chi connectivity index (χ0n) is 22.6. The van der Waals surface area contributed by atoms with Crippen LogP contribution in [0.25, 0.3) is 0 Å². The number of carbonyl (C=O) groups excluding carboxylic acids is 3. The van der Waals surface area contributed by atoms with E-state index in [1.54, 1.807) is 25.7 Å². The van der Waals surface area contributed by atoms with Crippen molar-refractivity contribution in [1.29, 1.82) is 0 Å². The minimum absolute atomic E-state index is 0.0257. The van der Waals surface area contributed by atoms with Gasteiger partial charge in [-0.05, 0) is 63.5 Å². The van der Waals surface area contributed by atoms with Crippen molar-refractivity contribution >= 4 is 17.9 Å². The van der Waals surface area contributed by atoms with Crippen LogP contribution in [0.15, 0.2) is 24.3 Å². The van der Waals surface area contributed by atoms with Crippen LogP contribution in [0.5, 0.6) is 0 Å². The topological polar surface area (TPSA) is 87.7 Å². The number of hydrogen-bond acceptors (Lipinski definition) is 4. The first-order chi connectivity index (χ1) is 16.5. The van der Waals surface area contributed by atoms with Gasteiger partial charge >= 0.3 is 6.09 Å². The number of ether oxygens (including phenoxy) is 1. The van der Waals surface area contributed by atoms with Gasteiger partial charge in [-0.3, -0.25) is 9.59 Å². The summed E-state index contributed by atoms with van der Waals surface area (Å²) in [5, 5.41) is 5.86. The van der Waals surface area contributed by atoms with E-state index in [2.05, 4.69) is 24.5 Å². The van der Waals surface area contributed by atoms with Crippen molar-refractivity contribution in [2.75, 3.05) is 6.54 Å². The van der Waals surface area contributed by atoms with Crippen LogP contribution in [0.1, 0.15) is 97.7 Å². The average Bonchev–Trinajstić information content (AvgIpc) is 3.64. The second kappa shape index (κ2) is 12.9. The minimum Gasteiger partial charge on any atom is -0.444 e. The third-order valence-corrected chi connectivity index (χ3v) is 6.41. The summed E-state index contributed by atoms with van der Waals surface area (Å²) in [5.41, 5.74) is 1.29. The number of nitrogens with one attached hydrogen (secondary N) is 2. The van der Waals surface area contributed by atoms with E-state index in [1.165, 1.54) is 5.56 Å². The van der Waals surface area contributed by atoms with E-state index in [0.29, 0.717) is 13.0 Å². The first-order valence-electron chi connectivity index (χ1n) is 13.2. The molecule has 0 aromatic heterocycles. The van der Waals surface area contributed by atoms with Gasteiger partial charge in [-0.25, -0.2) is 4.79 Å². The zero-order valence-corrected chi connectivity index (χ0v) is 22.6. The van der Waals surface area contributed by atoms with E-state index in [4.69, 9.17) is 4.74 Å². The fraction of sp³-hybridized carbons (Fsp3) is 0.679. The summed E-state index contributed by atoms with van der Waals surface area (Å²) in [4.78, 5) is 41.9. The molecule has 3 amide bonds. The lowest BCUT2D eigenvalue weighted by atomic mass is 9.95. The van der Waals surface area contributed by atoms with E-state index in [9.17, 15) is 14.4 Å². The lowest BCUT2D eigenvalue weighted by molar-refractivity contribution is -0.144. The molecule has 3 unspecified atom stereocenters. The summed E-state index contributed by atoms with van der Waals surface area (Å²) in [6.07, 6.45) is 4.51. The summed E-state index contributed by atoms with van der Waals surface area (Å²) in [6.45, 7) is 14.0. The lowest BCUT2D eigenvalue weighted by Gasteiger charge is -2.36. The Bertz CT molecular complexity index is 843. The highest BCUT2D eigenvalue weighted by Gasteiger charge is 2.45. The fourth-order valence-electron chi connectivity index (χ4n) is 4.01. The van der Waals surface area contributed by atoms with Gasteiger partial charge in [0.1, 0.15) is 17.7 Å². The highest BCUT2D eigenvalue weighted by molar-refractivity contribution is 5.92. The van der Waals surface area contributed by atoms with Gasteiger partial charge in [-0.2, -0.15) is 0 Å². The number of rotatable bonds is 12. The van der Waals surface area contributed by atoms with Crippen molar-refractivity contribution < 1.29 is 19.1 Å². The standard InChI is InChI=1S/C28H45N3O4/c1-8-11-18-29-25(32)24(21-14-12-20(10-3)13-15-21)31(22-16-17-22)26(33)23(19(4)9-2)30-27(34)35-28(5,6)7/h12-15,19,22-24H,8-11,16-18H2,1-7H3,(H,29,32)(H,30,34). The molecule has 3 atom stereocenters. The SMILES string of the molecule is CCCCNC(=O)C(c1ccc(CC)cc1)N(C(=O)C(NC(=O)OC(C)(C)C)C(C)CC)C1CC1. The molecule has 7 nitrogen and oxygen atoms in total. The molecule has 0 radical (unpaired) electrons. The van der Waals surface area contributed by atoms with E-state index >= 15 is 0 Å². The van der Waals surface area contributed by atoms with E-state index < -0.39 is 23.8 Å². The Hall–Kier alpha value is -2.57. The quantitative estimate of drug-likeness (QED) is 0.400. The van der Waals surface area contributed by atoms with Crippen molar-refractivity contribution in [2.24, 2.45) is 5.92 Å². The van der Waals surface area contributed by atoms with Gasteiger partial charge in [0.25, 0.3) is 0 Å². The van der Waals surface area contributed by atoms with Gasteiger partial charge in [0, 0.05) is 12.6 Å². The molecular formula is C28H45N3O4. The van der Waals surface area contributed by atoms with Crippen LogP contribution in [0, 0.1) is 5.92 Å². The highest BCUT2D eigenvalue weighted by Crippen LogP contribution is 2.36. The Morgan fingerprint density at radius 1 is 1.09 bits per heavy atom. The number of amides is 3. The molecule has 0 saturated heterocycles. The molecule has 1 aliphatic carbocycles. The van der Waals surface area contributed by atoms with Crippen LogP contribution >= 0.6 is 0 Å². The molecule has 196 valence electrons. The molecule has 0 heterocycles. The van der Waals surface area contributed by atoms with Gasteiger partial charge in [-0.1, -0.05) is 64.8 Å². The third kappa shape index (κ3) is 8.55. The van der Waals surface area contributed by atoms with Gasteiger partial charge in [0.05, 0.1) is 0 Å². The van der Waals surface area contributed by atoms with Gasteiger partial charge in [0.2, 0.25) is 11.8 Å². The summed E-state index contributed by atoms with van der Waals surface area (Å²) in [6, 6.07) is 6.38. The van der Waals surface area contributed by atoms with Crippen LogP contribution in [-0.4, -0.2) is 47.0 Å². The van der Waals surface area contributed by atoms with Gasteiger partial charge in [0.15, 0.2) is 0 Å². The number of carbonyl (C=O) groups is 3. The molecule has 1 aromatic carbocycles. The predicted octanol–water partition coefficient (Wildman–Crippen LogP) is 5.14. The maximum atomic E-state index is 14.1. The summed E-state index contributed by atoms with van der Waals surface area (Å²) >= 11 is 0. The monoisotopic (exact) mass is 487 g/mol. The Balaban J connectivity index is 2.42. The Kier molecular flexibility index (Phi) is 10.6. The third-order valence-electron chi connectivity index (χ3n) is 6.41. The smallest absolute Gasteiger partial charge is 0.408 e. The number of unbranched alkanes of at least 4 members (excludes halogenated alkanes) is 1. The van der Waals surface area contributed by atoms with Crippen molar-refractivity contribution in [3.63, 3.8) is 0 Å². The van der Waals surface area contributed by atoms with Gasteiger partial charge < -0.3 is 20.3 Å². The second-order valence-electron chi connectivity index (χ2n) is 10.6.